The Morgan fingerprint density at radius 2 is 2.35 bits per heavy atom. The Morgan fingerprint density at radius 1 is 1.52 bits per heavy atom. The molecular weight excluding hydrogens is 292 g/mol. The molecule has 5 nitrogen and oxygen atoms in total. The highest BCUT2D eigenvalue weighted by atomic mass is 16.5. The number of carbonyl (C=O) groups excluding carboxylic acids is 1. The van der Waals surface area contributed by atoms with E-state index in [1.54, 1.807) is 0 Å². The van der Waals surface area contributed by atoms with E-state index in [1.807, 2.05) is 31.7 Å². The molecule has 3 rings (SSSR count). The zero-order valence-corrected chi connectivity index (χ0v) is 14.5. The van der Waals surface area contributed by atoms with Crippen LogP contribution >= 0.6 is 0 Å². The molecule has 0 saturated carbocycles. The molecule has 128 valence electrons. The number of aryl methyl sites for hydroxylation is 2. The van der Waals surface area contributed by atoms with Crippen LogP contribution in [0.25, 0.3) is 0 Å². The molecule has 2 fully saturated rings. The average molecular weight is 320 g/mol. The van der Waals surface area contributed by atoms with Crippen LogP contribution in [0.5, 0.6) is 0 Å². The molecule has 1 amide bonds. The van der Waals surface area contributed by atoms with Crippen molar-refractivity contribution in [2.45, 2.75) is 46.1 Å². The molecule has 2 saturated heterocycles. The molecule has 1 N–H and O–H groups in total. The van der Waals surface area contributed by atoms with Crippen molar-refractivity contribution >= 4 is 5.91 Å². The van der Waals surface area contributed by atoms with E-state index in [9.17, 15) is 4.79 Å². The number of likely N-dealkylation sites (tertiary alicyclic amines) is 1. The molecule has 0 aliphatic carbocycles. The third-order valence-electron chi connectivity index (χ3n) is 5.25. The van der Waals surface area contributed by atoms with Crippen LogP contribution in [-0.4, -0.2) is 54.8 Å². The summed E-state index contributed by atoms with van der Waals surface area (Å²) in [5.74, 6) is 0.131. The van der Waals surface area contributed by atoms with Crippen LogP contribution in [0.4, 0.5) is 0 Å². The van der Waals surface area contributed by atoms with Gasteiger partial charge in [-0.25, -0.2) is 0 Å². The Balaban J connectivity index is 1.79. The number of nitrogens with zero attached hydrogens (tertiary/aromatic N) is 1. The van der Waals surface area contributed by atoms with Crippen LogP contribution in [0.3, 0.4) is 0 Å². The molecule has 5 heteroatoms. The standard InChI is InChI=1S/C18H28N2O3/c1-4-22-12-18-7-5-9-23-16(18)6-8-20(11-18)17(21)15-10-13(2)19-14(15)3/h10,16,19H,4-9,11-12H2,1-3H3/t16-,18-/m0/s1. The van der Waals surface area contributed by atoms with E-state index in [0.29, 0.717) is 13.2 Å². The molecule has 2 aliphatic heterocycles. The Kier molecular flexibility index (Phi) is 4.78. The second-order valence-electron chi connectivity index (χ2n) is 6.97. The van der Waals surface area contributed by atoms with Gasteiger partial charge in [-0.05, 0) is 46.1 Å². The van der Waals surface area contributed by atoms with Gasteiger partial charge in [0, 0.05) is 43.1 Å². The highest BCUT2D eigenvalue weighted by Gasteiger charge is 2.47. The molecule has 0 spiro atoms. The minimum Gasteiger partial charge on any atom is -0.381 e. The fourth-order valence-corrected chi connectivity index (χ4v) is 4.10. The normalized spacial score (nSPS) is 27.8. The summed E-state index contributed by atoms with van der Waals surface area (Å²) >= 11 is 0. The summed E-state index contributed by atoms with van der Waals surface area (Å²) in [7, 11) is 0. The van der Waals surface area contributed by atoms with E-state index >= 15 is 0 Å². The van der Waals surface area contributed by atoms with Crippen molar-refractivity contribution < 1.29 is 14.3 Å². The summed E-state index contributed by atoms with van der Waals surface area (Å²) in [5, 5.41) is 0. The van der Waals surface area contributed by atoms with Crippen molar-refractivity contribution in [1.29, 1.82) is 0 Å². The number of H-pyrrole nitrogens is 1. The number of aromatic nitrogens is 1. The van der Waals surface area contributed by atoms with Crippen molar-refractivity contribution in [2.75, 3.05) is 32.9 Å². The monoisotopic (exact) mass is 320 g/mol. The van der Waals surface area contributed by atoms with E-state index < -0.39 is 0 Å². The summed E-state index contributed by atoms with van der Waals surface area (Å²) in [5.41, 5.74) is 2.74. The highest BCUT2D eigenvalue weighted by Crippen LogP contribution is 2.40. The Bertz CT molecular complexity index is 569. The lowest BCUT2D eigenvalue weighted by molar-refractivity contribution is -0.146. The number of rotatable bonds is 4. The van der Waals surface area contributed by atoms with Crippen molar-refractivity contribution in [1.82, 2.24) is 9.88 Å². The second-order valence-corrected chi connectivity index (χ2v) is 6.97. The van der Waals surface area contributed by atoms with Gasteiger partial charge in [0.2, 0.25) is 0 Å². The first kappa shape index (κ1) is 16.5. The van der Waals surface area contributed by atoms with E-state index in [-0.39, 0.29) is 17.4 Å². The van der Waals surface area contributed by atoms with Crippen LogP contribution in [0.1, 0.15) is 47.9 Å². The van der Waals surface area contributed by atoms with E-state index in [2.05, 4.69) is 4.98 Å². The number of hydrogen-bond donors (Lipinski definition) is 1. The van der Waals surface area contributed by atoms with Crippen LogP contribution in [0.15, 0.2) is 6.07 Å². The highest BCUT2D eigenvalue weighted by molar-refractivity contribution is 5.95. The zero-order valence-electron chi connectivity index (χ0n) is 14.5. The number of ether oxygens (including phenoxy) is 2. The van der Waals surface area contributed by atoms with Gasteiger partial charge in [-0.2, -0.15) is 0 Å². The summed E-state index contributed by atoms with van der Waals surface area (Å²) in [6.07, 6.45) is 3.25. The maximum atomic E-state index is 12.9. The maximum absolute atomic E-state index is 12.9. The molecule has 0 unspecified atom stereocenters. The number of amides is 1. The van der Waals surface area contributed by atoms with Gasteiger partial charge in [0.05, 0.1) is 18.3 Å². The van der Waals surface area contributed by atoms with Gasteiger partial charge < -0.3 is 19.4 Å². The molecule has 3 heterocycles. The fraction of sp³-hybridized carbons (Fsp3) is 0.722. The van der Waals surface area contributed by atoms with Gasteiger partial charge in [0.25, 0.3) is 5.91 Å². The molecule has 0 bridgehead atoms. The van der Waals surface area contributed by atoms with Gasteiger partial charge in [-0.15, -0.1) is 0 Å². The second kappa shape index (κ2) is 6.65. The molecule has 1 aromatic rings. The minimum absolute atomic E-state index is 0.0403. The fourth-order valence-electron chi connectivity index (χ4n) is 4.10. The predicted octanol–water partition coefficient (Wildman–Crippen LogP) is 2.68. The van der Waals surface area contributed by atoms with Crippen molar-refractivity contribution in [2.24, 2.45) is 5.41 Å². The third kappa shape index (κ3) is 3.17. The number of nitrogens with one attached hydrogen (secondary N) is 1. The van der Waals surface area contributed by atoms with Crippen LogP contribution < -0.4 is 0 Å². The third-order valence-corrected chi connectivity index (χ3v) is 5.25. The first-order chi connectivity index (χ1) is 11.1. The van der Waals surface area contributed by atoms with Crippen LogP contribution in [-0.2, 0) is 9.47 Å². The summed E-state index contributed by atoms with van der Waals surface area (Å²) in [6.45, 7) is 9.70. The van der Waals surface area contributed by atoms with Crippen LogP contribution in [0.2, 0.25) is 0 Å². The van der Waals surface area contributed by atoms with Crippen molar-refractivity contribution in [3.8, 4) is 0 Å². The van der Waals surface area contributed by atoms with Gasteiger partial charge in [0.15, 0.2) is 0 Å². The quantitative estimate of drug-likeness (QED) is 0.928. The van der Waals surface area contributed by atoms with Crippen LogP contribution in [0, 0.1) is 19.3 Å². The Hall–Kier alpha value is -1.33. The minimum atomic E-state index is -0.0403. The Labute approximate surface area is 138 Å². The number of hydrogen-bond acceptors (Lipinski definition) is 3. The molecule has 2 atom stereocenters. The first-order valence-electron chi connectivity index (χ1n) is 8.70. The number of fused-ring (bicyclic) bond motifs is 1. The SMILES string of the molecule is CCOC[C@@]12CCCO[C@H]1CCN(C(=O)c1cc(C)[nH]c1C)C2. The summed E-state index contributed by atoms with van der Waals surface area (Å²) < 4.78 is 11.8. The van der Waals surface area contributed by atoms with E-state index in [4.69, 9.17) is 9.47 Å². The van der Waals surface area contributed by atoms with Gasteiger partial charge in [-0.1, -0.05) is 0 Å². The zero-order chi connectivity index (χ0) is 16.4. The average Bonchev–Trinajstić information content (AvgIpc) is 2.90. The lowest BCUT2D eigenvalue weighted by atomic mass is 9.73. The van der Waals surface area contributed by atoms with Gasteiger partial charge >= 0.3 is 0 Å². The number of carbonyl (C=O) groups is 1. The molecule has 0 aromatic carbocycles. The molecule has 2 aliphatic rings. The van der Waals surface area contributed by atoms with Gasteiger partial charge in [-0.3, -0.25) is 4.79 Å². The lowest BCUT2D eigenvalue weighted by Gasteiger charge is -2.50. The largest absolute Gasteiger partial charge is 0.381 e. The van der Waals surface area contributed by atoms with Gasteiger partial charge in [0.1, 0.15) is 0 Å². The lowest BCUT2D eigenvalue weighted by Crippen LogP contribution is -2.58. The Morgan fingerprint density at radius 3 is 3.04 bits per heavy atom. The predicted molar refractivity (Wildman–Crippen MR) is 88.7 cm³/mol. The number of piperidine rings is 1. The molecule has 23 heavy (non-hydrogen) atoms. The topological polar surface area (TPSA) is 54.6 Å². The number of aromatic amines is 1. The maximum Gasteiger partial charge on any atom is 0.255 e. The van der Waals surface area contributed by atoms with Crippen molar-refractivity contribution in [3.63, 3.8) is 0 Å². The van der Waals surface area contributed by atoms with E-state index in [0.717, 1.165) is 55.9 Å². The summed E-state index contributed by atoms with van der Waals surface area (Å²) in [4.78, 5) is 18.2. The van der Waals surface area contributed by atoms with Crippen molar-refractivity contribution in [3.05, 3.63) is 23.0 Å². The van der Waals surface area contributed by atoms with E-state index in [1.165, 1.54) is 0 Å². The molecule has 1 aromatic heterocycles. The first-order valence-corrected chi connectivity index (χ1v) is 8.70. The smallest absolute Gasteiger partial charge is 0.255 e. The summed E-state index contributed by atoms with van der Waals surface area (Å²) in [6, 6.07) is 1.95. The molecule has 0 radical (unpaired) electrons. The molecular formula is C18H28N2O3.